The summed E-state index contributed by atoms with van der Waals surface area (Å²) >= 11 is 0. The fraction of sp³-hybridized carbons (Fsp3) is 0.250. The van der Waals surface area contributed by atoms with Crippen LogP contribution in [0.15, 0.2) is 78.9 Å². The maximum Gasteiger partial charge on any atom is 0.251 e. The minimum atomic E-state index is -0.143. The zero-order valence-corrected chi connectivity index (χ0v) is 20.1. The average Bonchev–Trinajstić information content (AvgIpc) is 3.24. The van der Waals surface area contributed by atoms with E-state index >= 15 is 0 Å². The van der Waals surface area contributed by atoms with Crippen LogP contribution < -0.4 is 10.1 Å². The quantitative estimate of drug-likeness (QED) is 0.355. The number of aromatic nitrogens is 2. The van der Waals surface area contributed by atoms with Crippen LogP contribution in [0.2, 0.25) is 0 Å². The van der Waals surface area contributed by atoms with Gasteiger partial charge < -0.3 is 19.5 Å². The highest BCUT2D eigenvalue weighted by Crippen LogP contribution is 2.18. The van der Waals surface area contributed by atoms with Crippen molar-refractivity contribution >= 4 is 22.8 Å². The number of para-hydroxylation sites is 2. The predicted octanol–water partition coefficient (Wildman–Crippen LogP) is 4.07. The third kappa shape index (κ3) is 6.06. The number of aryl methyl sites for hydroxylation is 1. The van der Waals surface area contributed by atoms with Gasteiger partial charge in [0.2, 0.25) is 5.91 Å². The molecule has 0 atom stereocenters. The lowest BCUT2D eigenvalue weighted by atomic mass is 10.2. The molecule has 7 heteroatoms. The molecule has 0 aliphatic rings. The molecule has 1 heterocycles. The van der Waals surface area contributed by atoms with Crippen LogP contribution in [-0.4, -0.2) is 47.0 Å². The van der Waals surface area contributed by atoms with Crippen molar-refractivity contribution in [2.75, 3.05) is 20.7 Å². The minimum Gasteiger partial charge on any atom is -0.497 e. The molecule has 35 heavy (non-hydrogen) atoms. The zero-order valence-electron chi connectivity index (χ0n) is 20.1. The Labute approximate surface area is 205 Å². The second kappa shape index (κ2) is 11.3. The molecule has 0 unspecified atom stereocenters. The monoisotopic (exact) mass is 470 g/mol. The number of hydrogen-bond acceptors (Lipinski definition) is 4. The molecule has 180 valence electrons. The van der Waals surface area contributed by atoms with Gasteiger partial charge in [-0.05, 0) is 42.3 Å². The average molecular weight is 471 g/mol. The number of nitrogens with one attached hydrogen (secondary N) is 1. The van der Waals surface area contributed by atoms with Crippen LogP contribution in [0.4, 0.5) is 0 Å². The van der Waals surface area contributed by atoms with Crippen molar-refractivity contribution in [3.8, 4) is 5.75 Å². The highest BCUT2D eigenvalue weighted by Gasteiger charge is 2.16. The lowest BCUT2D eigenvalue weighted by molar-refractivity contribution is -0.131. The highest BCUT2D eigenvalue weighted by atomic mass is 16.5. The van der Waals surface area contributed by atoms with Crippen LogP contribution in [0.25, 0.3) is 11.0 Å². The summed E-state index contributed by atoms with van der Waals surface area (Å²) in [6.07, 6.45) is 1.34. The second-order valence-electron chi connectivity index (χ2n) is 8.43. The van der Waals surface area contributed by atoms with Gasteiger partial charge in [0.1, 0.15) is 18.1 Å². The Bertz CT molecular complexity index is 1300. The number of amides is 2. The zero-order chi connectivity index (χ0) is 24.6. The third-order valence-electron chi connectivity index (χ3n) is 5.91. The fourth-order valence-electron chi connectivity index (χ4n) is 4.01. The topological polar surface area (TPSA) is 76.5 Å². The largest absolute Gasteiger partial charge is 0.497 e. The summed E-state index contributed by atoms with van der Waals surface area (Å²) in [5.41, 5.74) is 3.44. The van der Waals surface area contributed by atoms with Gasteiger partial charge in [-0.25, -0.2) is 4.98 Å². The molecule has 2 amide bonds. The van der Waals surface area contributed by atoms with E-state index in [2.05, 4.69) is 5.32 Å². The van der Waals surface area contributed by atoms with E-state index in [1.807, 2.05) is 66.2 Å². The fourth-order valence-corrected chi connectivity index (χ4v) is 4.01. The number of hydrogen-bond donors (Lipinski definition) is 1. The standard InChI is InChI=1S/C28H30N4O3/c1-31(19-21-10-4-3-5-11-21)27(33)20-32-25-15-7-6-14-24(25)30-26(32)16-9-17-29-28(34)22-12-8-13-23(18-22)35-2/h3-8,10-15,18H,9,16-17,19-20H2,1-2H3,(H,29,34). The molecule has 0 aliphatic carbocycles. The molecular weight excluding hydrogens is 440 g/mol. The van der Waals surface area contributed by atoms with Crippen LogP contribution in [0.3, 0.4) is 0 Å². The van der Waals surface area contributed by atoms with Gasteiger partial charge in [-0.3, -0.25) is 9.59 Å². The summed E-state index contributed by atoms with van der Waals surface area (Å²) in [4.78, 5) is 32.0. The van der Waals surface area contributed by atoms with Gasteiger partial charge in [-0.15, -0.1) is 0 Å². The highest BCUT2D eigenvalue weighted by molar-refractivity contribution is 5.94. The number of carbonyl (C=O) groups excluding carboxylic acids is 2. The molecule has 7 nitrogen and oxygen atoms in total. The SMILES string of the molecule is COc1cccc(C(=O)NCCCc2nc3ccccc3n2CC(=O)N(C)Cc2ccccc2)c1. The number of nitrogens with zero attached hydrogens (tertiary/aromatic N) is 3. The summed E-state index contributed by atoms with van der Waals surface area (Å²) in [5, 5.41) is 2.95. The Kier molecular flexibility index (Phi) is 7.77. The summed E-state index contributed by atoms with van der Waals surface area (Å²) in [7, 11) is 3.40. The van der Waals surface area contributed by atoms with E-state index in [0.29, 0.717) is 37.2 Å². The van der Waals surface area contributed by atoms with E-state index in [-0.39, 0.29) is 18.4 Å². The van der Waals surface area contributed by atoms with Gasteiger partial charge in [0.25, 0.3) is 5.91 Å². The number of rotatable bonds is 10. The molecule has 0 spiro atoms. The van der Waals surface area contributed by atoms with E-state index in [0.717, 1.165) is 22.4 Å². The molecule has 0 aliphatic heterocycles. The van der Waals surface area contributed by atoms with E-state index in [4.69, 9.17) is 9.72 Å². The number of ether oxygens (including phenoxy) is 1. The summed E-state index contributed by atoms with van der Waals surface area (Å²) < 4.78 is 7.18. The Morgan fingerprint density at radius 2 is 1.77 bits per heavy atom. The van der Waals surface area contributed by atoms with Gasteiger partial charge in [0.15, 0.2) is 0 Å². The first-order valence-electron chi connectivity index (χ1n) is 11.7. The van der Waals surface area contributed by atoms with Crippen molar-refractivity contribution in [1.29, 1.82) is 0 Å². The Hall–Kier alpha value is -4.13. The first-order chi connectivity index (χ1) is 17.0. The van der Waals surface area contributed by atoms with E-state index in [1.165, 1.54) is 0 Å². The molecule has 0 saturated heterocycles. The first kappa shape index (κ1) is 24.0. The molecule has 1 N–H and O–H groups in total. The molecule has 1 aromatic heterocycles. The van der Waals surface area contributed by atoms with Crippen LogP contribution in [0.5, 0.6) is 5.75 Å². The van der Waals surface area contributed by atoms with Crippen molar-refractivity contribution < 1.29 is 14.3 Å². The number of fused-ring (bicyclic) bond motifs is 1. The van der Waals surface area contributed by atoms with Crippen molar-refractivity contribution in [2.45, 2.75) is 25.9 Å². The normalized spacial score (nSPS) is 10.8. The molecule has 0 radical (unpaired) electrons. The Morgan fingerprint density at radius 3 is 2.57 bits per heavy atom. The predicted molar refractivity (Wildman–Crippen MR) is 136 cm³/mol. The van der Waals surface area contributed by atoms with Crippen LogP contribution >= 0.6 is 0 Å². The Balaban J connectivity index is 1.40. The number of likely N-dealkylation sites (N-methyl/N-ethyl adjacent to an activating group) is 1. The second-order valence-corrected chi connectivity index (χ2v) is 8.43. The van der Waals surface area contributed by atoms with Crippen molar-refractivity contribution in [2.24, 2.45) is 0 Å². The summed E-state index contributed by atoms with van der Waals surface area (Å²) in [6, 6.07) is 24.9. The summed E-state index contributed by atoms with van der Waals surface area (Å²) in [6.45, 7) is 1.27. The van der Waals surface area contributed by atoms with Crippen LogP contribution in [-0.2, 0) is 24.3 Å². The molecule has 0 fully saturated rings. The minimum absolute atomic E-state index is 0.0181. The lowest BCUT2D eigenvalue weighted by Crippen LogP contribution is -2.30. The number of imidazole rings is 1. The van der Waals surface area contributed by atoms with Gasteiger partial charge in [-0.1, -0.05) is 48.5 Å². The summed E-state index contributed by atoms with van der Waals surface area (Å²) in [5.74, 6) is 1.36. The molecule has 3 aromatic carbocycles. The molecule has 4 rings (SSSR count). The van der Waals surface area contributed by atoms with Crippen molar-refractivity contribution in [3.05, 3.63) is 95.8 Å². The van der Waals surface area contributed by atoms with Crippen molar-refractivity contribution in [3.63, 3.8) is 0 Å². The van der Waals surface area contributed by atoms with Crippen LogP contribution in [0, 0.1) is 0 Å². The number of benzene rings is 3. The van der Waals surface area contributed by atoms with Gasteiger partial charge in [0, 0.05) is 32.1 Å². The number of methoxy groups -OCH3 is 1. The first-order valence-corrected chi connectivity index (χ1v) is 11.7. The smallest absolute Gasteiger partial charge is 0.251 e. The molecule has 4 aromatic rings. The molecule has 0 bridgehead atoms. The molecular formula is C28H30N4O3. The van der Waals surface area contributed by atoms with Crippen LogP contribution in [0.1, 0.15) is 28.2 Å². The maximum absolute atomic E-state index is 13.0. The molecule has 0 saturated carbocycles. The van der Waals surface area contributed by atoms with Crippen molar-refractivity contribution in [1.82, 2.24) is 19.8 Å². The van der Waals surface area contributed by atoms with E-state index in [9.17, 15) is 9.59 Å². The van der Waals surface area contributed by atoms with Gasteiger partial charge in [-0.2, -0.15) is 0 Å². The maximum atomic E-state index is 13.0. The van der Waals surface area contributed by atoms with E-state index < -0.39 is 0 Å². The van der Waals surface area contributed by atoms with E-state index in [1.54, 1.807) is 36.3 Å². The third-order valence-corrected chi connectivity index (χ3v) is 5.91. The number of carbonyl (C=O) groups is 2. The Morgan fingerprint density at radius 1 is 1.00 bits per heavy atom. The lowest BCUT2D eigenvalue weighted by Gasteiger charge is -2.19. The van der Waals surface area contributed by atoms with Gasteiger partial charge >= 0.3 is 0 Å². The van der Waals surface area contributed by atoms with Gasteiger partial charge in [0.05, 0.1) is 18.1 Å².